The lowest BCUT2D eigenvalue weighted by Crippen LogP contribution is -2.46. The molecule has 0 unspecified atom stereocenters. The lowest BCUT2D eigenvalue weighted by Gasteiger charge is -2.42. The summed E-state index contributed by atoms with van der Waals surface area (Å²) in [7, 11) is 0. The number of anilines is 1. The summed E-state index contributed by atoms with van der Waals surface area (Å²) in [6.07, 6.45) is 2.73. The highest BCUT2D eigenvalue weighted by molar-refractivity contribution is 5.92. The molecule has 1 amide bonds. The van der Waals surface area contributed by atoms with Crippen molar-refractivity contribution < 1.29 is 14.7 Å². The predicted molar refractivity (Wildman–Crippen MR) is 51.6 cm³/mol. The molecule has 3 rings (SSSR count). The molecule has 0 bridgehead atoms. The second kappa shape index (κ2) is 3.17. The van der Waals surface area contributed by atoms with Gasteiger partial charge in [0.05, 0.1) is 17.8 Å². The predicted octanol–water partition coefficient (Wildman–Crippen LogP) is -0.343. The van der Waals surface area contributed by atoms with E-state index in [1.807, 2.05) is 4.90 Å². The van der Waals surface area contributed by atoms with E-state index in [1.54, 1.807) is 0 Å². The van der Waals surface area contributed by atoms with Crippen LogP contribution in [0.5, 0.6) is 0 Å². The van der Waals surface area contributed by atoms with Gasteiger partial charge in [-0.25, -0.2) is 15.4 Å². The third-order valence-electron chi connectivity index (χ3n) is 2.58. The van der Waals surface area contributed by atoms with Crippen LogP contribution >= 0.6 is 0 Å². The van der Waals surface area contributed by atoms with Crippen LogP contribution in [0.3, 0.4) is 0 Å². The van der Waals surface area contributed by atoms with Crippen LogP contribution in [0.2, 0.25) is 0 Å². The Kier molecular flexibility index (Phi) is 1.80. The van der Waals surface area contributed by atoms with Crippen LogP contribution in [0.1, 0.15) is 10.4 Å². The number of hydrogen-bond acceptors (Lipinski definition) is 6. The molecule has 2 N–H and O–H groups in total. The van der Waals surface area contributed by atoms with E-state index in [2.05, 4.69) is 9.97 Å². The number of hydrogen-bond donors (Lipinski definition) is 2. The maximum Gasteiger partial charge on any atom is 0.277 e. The van der Waals surface area contributed by atoms with E-state index in [9.17, 15) is 4.79 Å². The lowest BCUT2D eigenvalue weighted by atomic mass is 10.1. The van der Waals surface area contributed by atoms with Gasteiger partial charge in [-0.2, -0.15) is 0 Å². The Labute approximate surface area is 90.3 Å². The van der Waals surface area contributed by atoms with Gasteiger partial charge in [0, 0.05) is 12.4 Å². The highest BCUT2D eigenvalue weighted by atomic mass is 16.5. The SMILES string of the molecule is O=C(NO)c1cnc(N2CC3=C2CO3)nc1. The maximum absolute atomic E-state index is 11.0. The van der Waals surface area contributed by atoms with E-state index in [-0.39, 0.29) is 5.56 Å². The van der Waals surface area contributed by atoms with Gasteiger partial charge in [0.2, 0.25) is 5.95 Å². The summed E-state index contributed by atoms with van der Waals surface area (Å²) in [6, 6.07) is 0. The summed E-state index contributed by atoms with van der Waals surface area (Å²) in [6.45, 7) is 1.28. The number of carbonyl (C=O) groups is 1. The number of amides is 1. The molecule has 7 heteroatoms. The lowest BCUT2D eigenvalue weighted by molar-refractivity contribution is 0.0705. The minimum absolute atomic E-state index is 0.214. The molecule has 0 aromatic carbocycles. The van der Waals surface area contributed by atoms with Crippen molar-refractivity contribution in [3.05, 3.63) is 29.4 Å². The molecule has 3 heterocycles. The van der Waals surface area contributed by atoms with Crippen molar-refractivity contribution >= 4 is 11.9 Å². The van der Waals surface area contributed by atoms with Crippen LogP contribution < -0.4 is 10.4 Å². The van der Waals surface area contributed by atoms with E-state index in [1.165, 1.54) is 17.9 Å². The second-order valence-corrected chi connectivity index (χ2v) is 3.46. The number of nitrogens with one attached hydrogen (secondary N) is 1. The van der Waals surface area contributed by atoms with Gasteiger partial charge in [0.1, 0.15) is 12.4 Å². The quantitative estimate of drug-likeness (QED) is 0.523. The Balaban J connectivity index is 1.81. The molecule has 0 spiro atoms. The largest absolute Gasteiger partial charge is 0.488 e. The van der Waals surface area contributed by atoms with Gasteiger partial charge in [0.25, 0.3) is 5.91 Å². The fourth-order valence-electron chi connectivity index (χ4n) is 1.59. The Bertz CT molecular complexity index is 482. The molecule has 0 fully saturated rings. The van der Waals surface area contributed by atoms with Crippen LogP contribution in [0.15, 0.2) is 23.8 Å². The molecule has 0 saturated heterocycles. The van der Waals surface area contributed by atoms with Crippen molar-refractivity contribution in [1.82, 2.24) is 15.4 Å². The molecular formula is C9H8N4O3. The number of carbonyl (C=O) groups excluding carboxylic acids is 1. The number of nitrogens with zero attached hydrogens (tertiary/aromatic N) is 3. The van der Waals surface area contributed by atoms with Gasteiger partial charge in [-0.1, -0.05) is 0 Å². The minimum atomic E-state index is -0.623. The molecule has 0 saturated carbocycles. The fourth-order valence-corrected chi connectivity index (χ4v) is 1.59. The Hall–Kier alpha value is -2.15. The second-order valence-electron chi connectivity index (χ2n) is 3.46. The average Bonchev–Trinajstić information content (AvgIpc) is 2.32. The van der Waals surface area contributed by atoms with Gasteiger partial charge in [0.15, 0.2) is 0 Å². The molecule has 2 aliphatic heterocycles. The summed E-state index contributed by atoms with van der Waals surface area (Å²) in [4.78, 5) is 21.0. The first-order chi connectivity index (χ1) is 7.79. The molecule has 0 radical (unpaired) electrons. The molecule has 0 atom stereocenters. The van der Waals surface area contributed by atoms with Crippen molar-refractivity contribution in [3.8, 4) is 0 Å². The Morgan fingerprint density at radius 2 is 2.25 bits per heavy atom. The first-order valence-electron chi connectivity index (χ1n) is 4.68. The maximum atomic E-state index is 11.0. The van der Waals surface area contributed by atoms with Crippen molar-refractivity contribution in [2.75, 3.05) is 18.1 Å². The van der Waals surface area contributed by atoms with Crippen molar-refractivity contribution in [2.24, 2.45) is 0 Å². The monoisotopic (exact) mass is 220 g/mol. The van der Waals surface area contributed by atoms with Gasteiger partial charge >= 0.3 is 0 Å². The van der Waals surface area contributed by atoms with Crippen LogP contribution in [-0.4, -0.2) is 34.2 Å². The Morgan fingerprint density at radius 1 is 1.50 bits per heavy atom. The number of aromatic nitrogens is 2. The van der Waals surface area contributed by atoms with Crippen molar-refractivity contribution in [1.29, 1.82) is 0 Å². The van der Waals surface area contributed by atoms with Crippen LogP contribution in [0.25, 0.3) is 0 Å². The smallest absolute Gasteiger partial charge is 0.277 e. The molecule has 1 aromatic heterocycles. The molecule has 1 aromatic rings. The molecule has 2 aliphatic rings. The van der Waals surface area contributed by atoms with Gasteiger partial charge < -0.3 is 9.64 Å². The summed E-state index contributed by atoms with van der Waals surface area (Å²) in [5.74, 6) is 0.902. The molecular weight excluding hydrogens is 212 g/mol. The van der Waals surface area contributed by atoms with E-state index >= 15 is 0 Å². The van der Waals surface area contributed by atoms with E-state index in [0.717, 1.165) is 11.5 Å². The van der Waals surface area contributed by atoms with Crippen LogP contribution in [0.4, 0.5) is 5.95 Å². The summed E-state index contributed by atoms with van der Waals surface area (Å²) in [5.41, 5.74) is 2.83. The fraction of sp³-hybridized carbons (Fsp3) is 0.222. The van der Waals surface area contributed by atoms with Gasteiger partial charge in [-0.05, 0) is 0 Å². The van der Waals surface area contributed by atoms with Crippen LogP contribution in [0, 0.1) is 0 Å². The molecule has 82 valence electrons. The first kappa shape index (κ1) is 9.10. The minimum Gasteiger partial charge on any atom is -0.488 e. The summed E-state index contributed by atoms with van der Waals surface area (Å²) >= 11 is 0. The van der Waals surface area contributed by atoms with E-state index in [4.69, 9.17) is 9.94 Å². The zero-order valence-electron chi connectivity index (χ0n) is 8.17. The standard InChI is InChI=1S/C9H8N4O3/c14-8(12-15)5-1-10-9(11-2-5)13-3-7-6(13)4-16-7/h1-2,15H,3-4H2,(H,12,14). The topological polar surface area (TPSA) is 87.6 Å². The highest BCUT2D eigenvalue weighted by Crippen LogP contribution is 2.35. The number of ether oxygens (including phenoxy) is 1. The molecule has 7 nitrogen and oxygen atoms in total. The molecule has 16 heavy (non-hydrogen) atoms. The number of rotatable bonds is 2. The average molecular weight is 220 g/mol. The van der Waals surface area contributed by atoms with E-state index in [0.29, 0.717) is 19.1 Å². The number of morpholine rings is 1. The highest BCUT2D eigenvalue weighted by Gasteiger charge is 2.37. The summed E-state index contributed by atoms with van der Waals surface area (Å²) in [5, 5.41) is 8.42. The zero-order chi connectivity index (χ0) is 11.1. The molecule has 0 aliphatic carbocycles. The first-order valence-corrected chi connectivity index (χ1v) is 4.68. The van der Waals surface area contributed by atoms with E-state index < -0.39 is 5.91 Å². The van der Waals surface area contributed by atoms with Gasteiger partial charge in [-0.15, -0.1) is 0 Å². The zero-order valence-corrected chi connectivity index (χ0v) is 8.17. The number of hydroxylamine groups is 1. The van der Waals surface area contributed by atoms with Crippen LogP contribution in [-0.2, 0) is 4.74 Å². The normalized spacial score (nSPS) is 16.9. The third-order valence-corrected chi connectivity index (χ3v) is 2.58. The van der Waals surface area contributed by atoms with Gasteiger partial charge in [-0.3, -0.25) is 10.0 Å². The van der Waals surface area contributed by atoms with Crippen molar-refractivity contribution in [3.63, 3.8) is 0 Å². The third kappa shape index (κ3) is 1.15. The van der Waals surface area contributed by atoms with Crippen molar-refractivity contribution in [2.45, 2.75) is 0 Å². The summed E-state index contributed by atoms with van der Waals surface area (Å²) < 4.78 is 5.15. The Morgan fingerprint density at radius 3 is 2.69 bits per heavy atom.